The second-order valence-electron chi connectivity index (χ2n) is 3.89. The lowest BCUT2D eigenvalue weighted by molar-refractivity contribution is -0.123. The van der Waals surface area contributed by atoms with Gasteiger partial charge in [-0.2, -0.15) is 0 Å². The number of nitrogens with two attached hydrogens (primary N) is 1. The third-order valence-electron chi connectivity index (χ3n) is 2.77. The van der Waals surface area contributed by atoms with Crippen molar-refractivity contribution in [2.24, 2.45) is 0 Å². The highest BCUT2D eigenvalue weighted by Gasteiger charge is 2.20. The number of nitrogens with one attached hydrogen (secondary N) is 1. The Kier molecular flexibility index (Phi) is 3.25. The second-order valence-corrected chi connectivity index (χ2v) is 4.74. The number of nitrogen functional groups attached to an aromatic ring is 1. The molecule has 1 aromatic heterocycles. The minimum Gasteiger partial charge on any atom is -0.369 e. The van der Waals surface area contributed by atoms with E-state index in [9.17, 15) is 9.18 Å². The molecule has 96 valence electrons. The van der Waals surface area contributed by atoms with E-state index in [1.165, 1.54) is 6.07 Å². The number of benzene rings is 1. The second kappa shape index (κ2) is 4.56. The lowest BCUT2D eigenvalue weighted by Gasteiger charge is -2.14. The molecule has 2 aromatic rings. The van der Waals surface area contributed by atoms with Crippen molar-refractivity contribution < 1.29 is 9.18 Å². The summed E-state index contributed by atoms with van der Waals surface area (Å²) in [6, 6.07) is 2.33. The van der Waals surface area contributed by atoms with Crippen molar-refractivity contribution in [1.82, 2.24) is 14.9 Å². The molecule has 3 N–H and O–H groups in total. The molecule has 1 atom stereocenters. The van der Waals surface area contributed by atoms with Crippen LogP contribution in [0.4, 0.5) is 10.3 Å². The summed E-state index contributed by atoms with van der Waals surface area (Å²) in [5.74, 6) is -0.431. The first-order chi connectivity index (χ1) is 8.45. The number of halogens is 2. The Morgan fingerprint density at radius 2 is 2.28 bits per heavy atom. The van der Waals surface area contributed by atoms with Crippen LogP contribution in [0.1, 0.15) is 13.0 Å². The molecule has 0 fully saturated rings. The van der Waals surface area contributed by atoms with E-state index < -0.39 is 11.9 Å². The number of anilines is 1. The molecule has 1 unspecified atom stereocenters. The van der Waals surface area contributed by atoms with Crippen molar-refractivity contribution in [2.75, 3.05) is 12.8 Å². The van der Waals surface area contributed by atoms with Crippen molar-refractivity contribution in [1.29, 1.82) is 0 Å². The van der Waals surface area contributed by atoms with Gasteiger partial charge in [0.2, 0.25) is 11.9 Å². The van der Waals surface area contributed by atoms with Gasteiger partial charge in [0.25, 0.3) is 0 Å². The van der Waals surface area contributed by atoms with Crippen LogP contribution in [-0.2, 0) is 4.79 Å². The number of nitrogens with zero attached hydrogens (tertiary/aromatic N) is 2. The van der Waals surface area contributed by atoms with Crippen LogP contribution in [0.3, 0.4) is 0 Å². The molecule has 2 rings (SSSR count). The lowest BCUT2D eigenvalue weighted by atomic mass is 10.2. The Morgan fingerprint density at radius 3 is 2.89 bits per heavy atom. The summed E-state index contributed by atoms with van der Waals surface area (Å²) < 4.78 is 15.3. The Bertz CT molecular complexity index is 625. The average Bonchev–Trinajstić information content (AvgIpc) is 2.63. The summed E-state index contributed by atoms with van der Waals surface area (Å²) in [6.07, 6.45) is 0. The van der Waals surface area contributed by atoms with E-state index in [2.05, 4.69) is 26.2 Å². The zero-order chi connectivity index (χ0) is 13.4. The minimum atomic E-state index is -0.516. The van der Waals surface area contributed by atoms with E-state index in [-0.39, 0.29) is 11.9 Å². The van der Waals surface area contributed by atoms with Crippen molar-refractivity contribution >= 4 is 38.8 Å². The predicted molar refractivity (Wildman–Crippen MR) is 70.6 cm³/mol. The maximum Gasteiger partial charge on any atom is 0.242 e. The van der Waals surface area contributed by atoms with Crippen molar-refractivity contribution in [3.63, 3.8) is 0 Å². The fourth-order valence-corrected chi connectivity index (χ4v) is 2.17. The zero-order valence-corrected chi connectivity index (χ0v) is 11.5. The maximum atomic E-state index is 13.4. The Balaban J connectivity index is 2.67. The first-order valence-electron chi connectivity index (χ1n) is 5.29. The summed E-state index contributed by atoms with van der Waals surface area (Å²) in [5.41, 5.74) is 6.81. The van der Waals surface area contributed by atoms with Gasteiger partial charge >= 0.3 is 0 Å². The zero-order valence-electron chi connectivity index (χ0n) is 9.87. The Morgan fingerprint density at radius 1 is 1.61 bits per heavy atom. The number of likely N-dealkylation sites (N-methyl/N-ethyl adjacent to an activating group) is 1. The fourth-order valence-electron chi connectivity index (χ4n) is 1.84. The number of rotatable bonds is 2. The van der Waals surface area contributed by atoms with Crippen molar-refractivity contribution in [2.45, 2.75) is 13.0 Å². The third kappa shape index (κ3) is 1.94. The molecule has 1 amide bonds. The number of fused-ring (bicyclic) bond motifs is 1. The quantitative estimate of drug-likeness (QED) is 0.888. The van der Waals surface area contributed by atoms with Gasteiger partial charge in [0.1, 0.15) is 11.9 Å². The van der Waals surface area contributed by atoms with Crippen molar-refractivity contribution in [3.05, 3.63) is 22.4 Å². The van der Waals surface area contributed by atoms with Gasteiger partial charge in [-0.15, -0.1) is 0 Å². The molecule has 1 heterocycles. The fraction of sp³-hybridized carbons (Fsp3) is 0.273. The topological polar surface area (TPSA) is 72.9 Å². The highest BCUT2D eigenvalue weighted by Crippen LogP contribution is 2.27. The molecule has 18 heavy (non-hydrogen) atoms. The number of imidazole rings is 1. The molecule has 1 aromatic carbocycles. The number of hydrogen-bond acceptors (Lipinski definition) is 3. The monoisotopic (exact) mass is 314 g/mol. The summed E-state index contributed by atoms with van der Waals surface area (Å²) >= 11 is 3.11. The van der Waals surface area contributed by atoms with Gasteiger partial charge in [0.15, 0.2) is 0 Å². The third-order valence-corrected chi connectivity index (χ3v) is 3.38. The highest BCUT2D eigenvalue weighted by molar-refractivity contribution is 9.10. The molecule has 0 saturated carbocycles. The van der Waals surface area contributed by atoms with E-state index in [1.807, 2.05) is 0 Å². The summed E-state index contributed by atoms with van der Waals surface area (Å²) in [4.78, 5) is 15.7. The van der Waals surface area contributed by atoms with Crippen LogP contribution in [0.5, 0.6) is 0 Å². The minimum absolute atomic E-state index is 0.179. The van der Waals surface area contributed by atoms with Crippen LogP contribution >= 0.6 is 15.9 Å². The molecule has 0 radical (unpaired) electrons. The van der Waals surface area contributed by atoms with Gasteiger partial charge in [-0.3, -0.25) is 9.36 Å². The van der Waals surface area contributed by atoms with E-state index in [4.69, 9.17) is 5.73 Å². The molecular weight excluding hydrogens is 303 g/mol. The summed E-state index contributed by atoms with van der Waals surface area (Å²) in [6.45, 7) is 1.70. The average molecular weight is 315 g/mol. The molecule has 0 aliphatic rings. The van der Waals surface area contributed by atoms with E-state index in [0.29, 0.717) is 15.5 Å². The van der Waals surface area contributed by atoms with E-state index in [0.717, 1.165) is 0 Å². The van der Waals surface area contributed by atoms with Crippen LogP contribution < -0.4 is 11.1 Å². The molecule has 0 aliphatic heterocycles. The number of aromatic nitrogens is 2. The number of amides is 1. The maximum absolute atomic E-state index is 13.4. The normalized spacial score (nSPS) is 12.7. The van der Waals surface area contributed by atoms with Gasteiger partial charge in [-0.05, 0) is 28.9 Å². The van der Waals surface area contributed by atoms with Gasteiger partial charge < -0.3 is 11.1 Å². The highest BCUT2D eigenvalue weighted by atomic mass is 79.9. The lowest BCUT2D eigenvalue weighted by Crippen LogP contribution is -2.28. The SMILES string of the molecule is CNC(=O)C(C)n1c(N)nc2cc(F)c(Br)cc21. The molecule has 0 saturated heterocycles. The van der Waals surface area contributed by atoms with E-state index >= 15 is 0 Å². The smallest absolute Gasteiger partial charge is 0.242 e. The molecule has 0 aliphatic carbocycles. The molecule has 7 heteroatoms. The largest absolute Gasteiger partial charge is 0.369 e. The van der Waals surface area contributed by atoms with Crippen LogP contribution in [0.2, 0.25) is 0 Å². The number of carbonyl (C=O) groups excluding carboxylic acids is 1. The van der Waals surface area contributed by atoms with Gasteiger partial charge in [-0.25, -0.2) is 9.37 Å². The summed E-state index contributed by atoms with van der Waals surface area (Å²) in [5, 5.41) is 2.54. The first-order valence-corrected chi connectivity index (χ1v) is 6.09. The molecular formula is C11H12BrFN4O. The van der Waals surface area contributed by atoms with Gasteiger partial charge in [-0.1, -0.05) is 0 Å². The standard InChI is InChI=1S/C11H12BrFN4O/c1-5(10(18)15-2)17-9-3-6(12)7(13)4-8(9)16-11(17)14/h3-5H,1-2H3,(H2,14,16)(H,15,18). The van der Waals surface area contributed by atoms with Crippen LogP contribution in [0, 0.1) is 5.82 Å². The predicted octanol–water partition coefficient (Wildman–Crippen LogP) is 1.83. The van der Waals surface area contributed by atoms with Gasteiger partial charge in [0, 0.05) is 13.1 Å². The van der Waals surface area contributed by atoms with Crippen LogP contribution in [-0.4, -0.2) is 22.5 Å². The van der Waals surface area contributed by atoms with E-state index in [1.54, 1.807) is 24.6 Å². The number of hydrogen-bond donors (Lipinski definition) is 2. The molecule has 0 spiro atoms. The Hall–Kier alpha value is -1.63. The molecule has 0 bridgehead atoms. The molecule has 5 nitrogen and oxygen atoms in total. The first kappa shape index (κ1) is 12.8. The Labute approximate surface area is 111 Å². The number of carbonyl (C=O) groups is 1. The van der Waals surface area contributed by atoms with Crippen LogP contribution in [0.25, 0.3) is 11.0 Å². The van der Waals surface area contributed by atoms with Gasteiger partial charge in [0.05, 0.1) is 15.5 Å². The van der Waals surface area contributed by atoms with Crippen molar-refractivity contribution in [3.8, 4) is 0 Å². The van der Waals surface area contributed by atoms with Crippen LogP contribution in [0.15, 0.2) is 16.6 Å². The summed E-state index contributed by atoms with van der Waals surface area (Å²) in [7, 11) is 1.55.